The van der Waals surface area contributed by atoms with Crippen molar-refractivity contribution in [1.29, 1.82) is 0 Å². The second kappa shape index (κ2) is 5.67. The van der Waals surface area contributed by atoms with E-state index in [-0.39, 0.29) is 18.2 Å². The predicted octanol–water partition coefficient (Wildman–Crippen LogP) is 2.58. The number of fused-ring (bicyclic) bond motifs is 1. The van der Waals surface area contributed by atoms with Gasteiger partial charge in [-0.3, -0.25) is 4.79 Å². The highest BCUT2D eigenvalue weighted by Gasteiger charge is 2.06. The number of H-pyrrole nitrogens is 1. The van der Waals surface area contributed by atoms with E-state index in [4.69, 9.17) is 10.5 Å². The third-order valence-electron chi connectivity index (χ3n) is 3.12. The average Bonchev–Trinajstić information content (AvgIpc) is 2.94. The van der Waals surface area contributed by atoms with Gasteiger partial charge in [0, 0.05) is 6.04 Å². The third kappa shape index (κ3) is 2.96. The zero-order valence-corrected chi connectivity index (χ0v) is 12.3. The van der Waals surface area contributed by atoms with Crippen molar-refractivity contribution in [1.82, 2.24) is 9.97 Å². The van der Waals surface area contributed by atoms with Crippen molar-refractivity contribution in [2.75, 3.05) is 0 Å². The molecule has 3 aromatic rings. The van der Waals surface area contributed by atoms with Gasteiger partial charge in [0.1, 0.15) is 22.9 Å². The molecule has 2 heterocycles. The minimum atomic E-state index is -0.127. The largest absolute Gasteiger partial charge is 0.486 e. The molecule has 1 unspecified atom stereocenters. The predicted molar refractivity (Wildman–Crippen MR) is 83.6 cm³/mol. The lowest BCUT2D eigenvalue weighted by Crippen LogP contribution is -2.12. The van der Waals surface area contributed by atoms with Crippen LogP contribution in [0.5, 0.6) is 5.75 Å². The van der Waals surface area contributed by atoms with E-state index in [9.17, 15) is 4.79 Å². The summed E-state index contributed by atoms with van der Waals surface area (Å²) in [6.07, 6.45) is 0. The molecule has 5 nitrogen and oxygen atoms in total. The SMILES string of the molecule is CC(N)c1cccc(OCc2nc3ccsc3c(=O)[nH]2)c1. The fraction of sp³-hybridized carbons (Fsp3) is 0.200. The summed E-state index contributed by atoms with van der Waals surface area (Å²) in [7, 11) is 0. The molecule has 2 aromatic heterocycles. The summed E-state index contributed by atoms with van der Waals surface area (Å²) in [6.45, 7) is 2.13. The highest BCUT2D eigenvalue weighted by Crippen LogP contribution is 2.19. The highest BCUT2D eigenvalue weighted by atomic mass is 32.1. The molecule has 0 fully saturated rings. The molecule has 3 N–H and O–H groups in total. The number of aromatic amines is 1. The Balaban J connectivity index is 1.80. The maximum absolute atomic E-state index is 11.9. The van der Waals surface area contributed by atoms with Gasteiger partial charge in [-0.1, -0.05) is 12.1 Å². The van der Waals surface area contributed by atoms with E-state index in [1.54, 1.807) is 0 Å². The number of benzene rings is 1. The first kappa shape index (κ1) is 13.8. The fourth-order valence-corrected chi connectivity index (χ4v) is 2.75. The number of hydrogen-bond acceptors (Lipinski definition) is 5. The van der Waals surface area contributed by atoms with Crippen LogP contribution in [0.1, 0.15) is 24.4 Å². The Morgan fingerprint density at radius 2 is 2.29 bits per heavy atom. The van der Waals surface area contributed by atoms with Crippen molar-refractivity contribution < 1.29 is 4.74 Å². The van der Waals surface area contributed by atoms with Gasteiger partial charge in [-0.2, -0.15) is 0 Å². The van der Waals surface area contributed by atoms with Gasteiger partial charge in [0.25, 0.3) is 5.56 Å². The molecule has 1 aromatic carbocycles. The zero-order chi connectivity index (χ0) is 14.8. The van der Waals surface area contributed by atoms with Crippen LogP contribution < -0.4 is 16.0 Å². The molecule has 0 spiro atoms. The van der Waals surface area contributed by atoms with E-state index in [1.165, 1.54) is 11.3 Å². The molecule has 21 heavy (non-hydrogen) atoms. The van der Waals surface area contributed by atoms with Gasteiger partial charge >= 0.3 is 0 Å². The molecule has 0 radical (unpaired) electrons. The average molecular weight is 301 g/mol. The van der Waals surface area contributed by atoms with Crippen LogP contribution in [0.25, 0.3) is 10.2 Å². The number of rotatable bonds is 4. The van der Waals surface area contributed by atoms with Crippen molar-refractivity contribution in [3.8, 4) is 5.75 Å². The Morgan fingerprint density at radius 3 is 3.10 bits per heavy atom. The van der Waals surface area contributed by atoms with Gasteiger partial charge in [-0.15, -0.1) is 11.3 Å². The summed E-state index contributed by atoms with van der Waals surface area (Å²) in [5, 5.41) is 1.85. The van der Waals surface area contributed by atoms with Gasteiger partial charge in [0.2, 0.25) is 0 Å². The van der Waals surface area contributed by atoms with Crippen LogP contribution in [-0.4, -0.2) is 9.97 Å². The van der Waals surface area contributed by atoms with Crippen molar-refractivity contribution in [3.63, 3.8) is 0 Å². The molecule has 1 atom stereocenters. The summed E-state index contributed by atoms with van der Waals surface area (Å²) in [5.74, 6) is 1.22. The van der Waals surface area contributed by atoms with E-state index < -0.39 is 0 Å². The normalized spacial score (nSPS) is 12.5. The van der Waals surface area contributed by atoms with Crippen molar-refractivity contribution in [2.45, 2.75) is 19.6 Å². The maximum Gasteiger partial charge on any atom is 0.268 e. The Morgan fingerprint density at radius 1 is 1.43 bits per heavy atom. The van der Waals surface area contributed by atoms with Gasteiger partial charge in [-0.25, -0.2) is 4.98 Å². The Labute approximate surface area is 125 Å². The fourth-order valence-electron chi connectivity index (χ4n) is 2.03. The zero-order valence-electron chi connectivity index (χ0n) is 11.5. The quantitative estimate of drug-likeness (QED) is 0.776. The topological polar surface area (TPSA) is 81.0 Å². The third-order valence-corrected chi connectivity index (χ3v) is 4.03. The van der Waals surface area contributed by atoms with E-state index in [1.807, 2.05) is 42.6 Å². The van der Waals surface area contributed by atoms with Crippen molar-refractivity contribution in [2.24, 2.45) is 5.73 Å². The molecule has 108 valence electrons. The summed E-state index contributed by atoms with van der Waals surface area (Å²) in [6, 6.07) is 9.38. The monoisotopic (exact) mass is 301 g/mol. The molecule has 0 saturated heterocycles. The van der Waals surface area contributed by atoms with Crippen LogP contribution in [0, 0.1) is 0 Å². The van der Waals surface area contributed by atoms with Crippen LogP contribution in [0.15, 0.2) is 40.5 Å². The molecule has 0 aliphatic rings. The standard InChI is InChI=1S/C15H15N3O2S/c1-9(16)10-3-2-4-11(7-10)20-8-13-17-12-5-6-21-14(12)15(19)18-13/h2-7,9H,8,16H2,1H3,(H,17,18,19). The van der Waals surface area contributed by atoms with Gasteiger partial charge in [-0.05, 0) is 36.1 Å². The molecule has 3 rings (SSSR count). The maximum atomic E-state index is 11.9. The van der Waals surface area contributed by atoms with E-state index in [0.29, 0.717) is 21.8 Å². The van der Waals surface area contributed by atoms with Crippen LogP contribution in [-0.2, 0) is 6.61 Å². The van der Waals surface area contributed by atoms with Crippen LogP contribution in [0.2, 0.25) is 0 Å². The van der Waals surface area contributed by atoms with E-state index in [0.717, 1.165) is 5.56 Å². The minimum Gasteiger partial charge on any atom is -0.486 e. The number of nitrogens with one attached hydrogen (secondary N) is 1. The number of ether oxygens (including phenoxy) is 1. The van der Waals surface area contributed by atoms with Crippen LogP contribution in [0.4, 0.5) is 0 Å². The Bertz CT molecular complexity index is 823. The van der Waals surface area contributed by atoms with Gasteiger partial charge < -0.3 is 15.5 Å². The first-order valence-electron chi connectivity index (χ1n) is 6.58. The molecule has 6 heteroatoms. The summed E-state index contributed by atoms with van der Waals surface area (Å²) in [4.78, 5) is 19.0. The molecule has 0 aliphatic carbocycles. The van der Waals surface area contributed by atoms with Crippen molar-refractivity contribution >= 4 is 21.6 Å². The molecule has 0 amide bonds. The lowest BCUT2D eigenvalue weighted by molar-refractivity contribution is 0.295. The number of thiophene rings is 1. The lowest BCUT2D eigenvalue weighted by atomic mass is 10.1. The first-order chi connectivity index (χ1) is 10.1. The number of nitrogens with zero attached hydrogens (tertiary/aromatic N) is 1. The number of aromatic nitrogens is 2. The molecule has 0 aliphatic heterocycles. The van der Waals surface area contributed by atoms with Crippen LogP contribution in [0.3, 0.4) is 0 Å². The van der Waals surface area contributed by atoms with Crippen molar-refractivity contribution in [3.05, 3.63) is 57.5 Å². The molecule has 0 saturated carbocycles. The first-order valence-corrected chi connectivity index (χ1v) is 7.46. The van der Waals surface area contributed by atoms with E-state index in [2.05, 4.69) is 9.97 Å². The lowest BCUT2D eigenvalue weighted by Gasteiger charge is -2.09. The smallest absolute Gasteiger partial charge is 0.268 e. The number of hydrogen-bond donors (Lipinski definition) is 2. The summed E-state index contributed by atoms with van der Waals surface area (Å²) >= 11 is 1.38. The Kier molecular flexibility index (Phi) is 3.72. The minimum absolute atomic E-state index is 0.0476. The molecular formula is C15H15N3O2S. The molecule has 0 bridgehead atoms. The Hall–Kier alpha value is -2.18. The summed E-state index contributed by atoms with van der Waals surface area (Å²) < 4.78 is 6.32. The second-order valence-corrected chi connectivity index (χ2v) is 5.71. The number of nitrogens with two attached hydrogens (primary N) is 1. The summed E-state index contributed by atoms with van der Waals surface area (Å²) in [5.41, 5.74) is 7.42. The highest BCUT2D eigenvalue weighted by molar-refractivity contribution is 7.17. The second-order valence-electron chi connectivity index (χ2n) is 4.80. The van der Waals surface area contributed by atoms with Gasteiger partial charge in [0.05, 0.1) is 5.52 Å². The van der Waals surface area contributed by atoms with E-state index >= 15 is 0 Å². The molecular weight excluding hydrogens is 286 g/mol. The van der Waals surface area contributed by atoms with Gasteiger partial charge in [0.15, 0.2) is 0 Å². The van der Waals surface area contributed by atoms with Crippen LogP contribution >= 0.6 is 11.3 Å².